The van der Waals surface area contributed by atoms with Gasteiger partial charge in [-0.15, -0.1) is 0 Å². The molecule has 0 aliphatic heterocycles. The van der Waals surface area contributed by atoms with Crippen molar-refractivity contribution in [1.82, 2.24) is 5.32 Å². The zero-order valence-electron chi connectivity index (χ0n) is 13.0. The van der Waals surface area contributed by atoms with Crippen LogP contribution in [0.2, 0.25) is 0 Å². The topological polar surface area (TPSA) is 64.4 Å². The Hall–Kier alpha value is -1.39. The second kappa shape index (κ2) is 7.05. The molecule has 0 aromatic heterocycles. The van der Waals surface area contributed by atoms with Crippen molar-refractivity contribution in [3.05, 3.63) is 35.4 Å². The molecule has 0 heterocycles. The summed E-state index contributed by atoms with van der Waals surface area (Å²) in [4.78, 5) is 11.6. The number of fused-ring (bicyclic) bond motifs is 1. The van der Waals surface area contributed by atoms with E-state index in [9.17, 15) is 4.79 Å². The van der Waals surface area contributed by atoms with Crippen LogP contribution in [-0.2, 0) is 16.0 Å². The fourth-order valence-corrected chi connectivity index (χ4v) is 2.61. The SMILES string of the molecule is CC(C)(N)C(=O)NCCCOC1CCCc2ccccc21. The molecule has 1 aliphatic carbocycles. The molecule has 1 aromatic rings. The van der Waals surface area contributed by atoms with Gasteiger partial charge in [-0.3, -0.25) is 4.79 Å². The van der Waals surface area contributed by atoms with E-state index in [1.807, 2.05) is 0 Å². The van der Waals surface area contributed by atoms with Crippen LogP contribution in [0, 0.1) is 0 Å². The van der Waals surface area contributed by atoms with Gasteiger partial charge in [-0.2, -0.15) is 0 Å². The fourth-order valence-electron chi connectivity index (χ4n) is 2.61. The van der Waals surface area contributed by atoms with Gasteiger partial charge in [-0.05, 0) is 50.7 Å². The molecule has 0 saturated heterocycles. The highest BCUT2D eigenvalue weighted by molar-refractivity contribution is 5.84. The van der Waals surface area contributed by atoms with E-state index >= 15 is 0 Å². The Morgan fingerprint density at radius 2 is 2.19 bits per heavy atom. The molecule has 1 unspecified atom stereocenters. The third-order valence-electron chi connectivity index (χ3n) is 3.83. The Kier molecular flexibility index (Phi) is 5.37. The highest BCUT2D eigenvalue weighted by atomic mass is 16.5. The molecule has 0 bridgehead atoms. The summed E-state index contributed by atoms with van der Waals surface area (Å²) in [7, 11) is 0. The van der Waals surface area contributed by atoms with Crippen LogP contribution in [0.3, 0.4) is 0 Å². The molecule has 116 valence electrons. The summed E-state index contributed by atoms with van der Waals surface area (Å²) in [5.41, 5.74) is 7.64. The van der Waals surface area contributed by atoms with E-state index in [4.69, 9.17) is 10.5 Å². The van der Waals surface area contributed by atoms with Gasteiger partial charge in [0, 0.05) is 13.2 Å². The number of ether oxygens (including phenoxy) is 1. The molecule has 21 heavy (non-hydrogen) atoms. The number of benzene rings is 1. The van der Waals surface area contributed by atoms with Crippen LogP contribution in [0.1, 0.15) is 50.3 Å². The predicted octanol–water partition coefficient (Wildman–Crippen LogP) is 2.32. The van der Waals surface area contributed by atoms with Crippen LogP contribution in [0.15, 0.2) is 24.3 Å². The molecular weight excluding hydrogens is 264 g/mol. The minimum absolute atomic E-state index is 0.120. The summed E-state index contributed by atoms with van der Waals surface area (Å²) in [5.74, 6) is -0.120. The van der Waals surface area contributed by atoms with Crippen molar-refractivity contribution in [2.45, 2.75) is 51.2 Å². The van der Waals surface area contributed by atoms with Crippen LogP contribution < -0.4 is 11.1 Å². The lowest BCUT2D eigenvalue weighted by atomic mass is 9.89. The van der Waals surface area contributed by atoms with Gasteiger partial charge in [-0.1, -0.05) is 24.3 Å². The number of carbonyl (C=O) groups is 1. The molecule has 0 fully saturated rings. The zero-order valence-corrected chi connectivity index (χ0v) is 13.0. The van der Waals surface area contributed by atoms with Gasteiger partial charge < -0.3 is 15.8 Å². The van der Waals surface area contributed by atoms with Crippen LogP contribution in [0.4, 0.5) is 0 Å². The van der Waals surface area contributed by atoms with E-state index in [2.05, 4.69) is 29.6 Å². The van der Waals surface area contributed by atoms with Crippen LogP contribution >= 0.6 is 0 Å². The Balaban J connectivity index is 1.72. The quantitative estimate of drug-likeness (QED) is 0.790. The van der Waals surface area contributed by atoms with Gasteiger partial charge in [0.1, 0.15) is 0 Å². The van der Waals surface area contributed by atoms with E-state index in [0.29, 0.717) is 13.2 Å². The van der Waals surface area contributed by atoms with Crippen molar-refractivity contribution < 1.29 is 9.53 Å². The minimum atomic E-state index is -0.816. The average Bonchev–Trinajstić information content (AvgIpc) is 2.46. The summed E-state index contributed by atoms with van der Waals surface area (Å²) < 4.78 is 5.99. The van der Waals surface area contributed by atoms with Crippen molar-refractivity contribution in [2.75, 3.05) is 13.2 Å². The van der Waals surface area contributed by atoms with Gasteiger partial charge in [0.2, 0.25) is 5.91 Å². The van der Waals surface area contributed by atoms with Gasteiger partial charge >= 0.3 is 0 Å². The third kappa shape index (κ3) is 4.55. The number of nitrogens with two attached hydrogens (primary N) is 1. The number of hydrogen-bond acceptors (Lipinski definition) is 3. The van der Waals surface area contributed by atoms with Crippen molar-refractivity contribution in [3.63, 3.8) is 0 Å². The monoisotopic (exact) mass is 290 g/mol. The molecule has 4 heteroatoms. The average molecular weight is 290 g/mol. The Morgan fingerprint density at radius 1 is 1.43 bits per heavy atom. The van der Waals surface area contributed by atoms with Crippen molar-refractivity contribution in [1.29, 1.82) is 0 Å². The normalized spacial score (nSPS) is 18.1. The number of aryl methyl sites for hydroxylation is 1. The first-order valence-electron chi connectivity index (χ1n) is 7.75. The molecule has 0 saturated carbocycles. The van der Waals surface area contributed by atoms with Crippen molar-refractivity contribution in [3.8, 4) is 0 Å². The lowest BCUT2D eigenvalue weighted by Gasteiger charge is -2.25. The van der Waals surface area contributed by atoms with E-state index in [0.717, 1.165) is 19.3 Å². The van der Waals surface area contributed by atoms with Crippen LogP contribution in [0.5, 0.6) is 0 Å². The van der Waals surface area contributed by atoms with Gasteiger partial charge in [0.05, 0.1) is 11.6 Å². The zero-order chi connectivity index (χ0) is 15.3. The van der Waals surface area contributed by atoms with E-state index < -0.39 is 5.54 Å². The highest BCUT2D eigenvalue weighted by Gasteiger charge is 2.21. The molecule has 1 amide bonds. The van der Waals surface area contributed by atoms with E-state index in [1.54, 1.807) is 13.8 Å². The van der Waals surface area contributed by atoms with Crippen LogP contribution in [0.25, 0.3) is 0 Å². The van der Waals surface area contributed by atoms with Crippen LogP contribution in [-0.4, -0.2) is 24.6 Å². The maximum absolute atomic E-state index is 11.6. The lowest BCUT2D eigenvalue weighted by molar-refractivity contribution is -0.125. The number of nitrogens with one attached hydrogen (secondary N) is 1. The number of rotatable bonds is 6. The number of hydrogen-bond donors (Lipinski definition) is 2. The minimum Gasteiger partial charge on any atom is -0.373 e. The summed E-state index contributed by atoms with van der Waals surface area (Å²) in [6, 6.07) is 8.52. The predicted molar refractivity (Wildman–Crippen MR) is 84.0 cm³/mol. The van der Waals surface area contributed by atoms with Gasteiger partial charge in [0.15, 0.2) is 0 Å². The molecular formula is C17H26N2O2. The summed E-state index contributed by atoms with van der Waals surface area (Å²) in [6.45, 7) is 4.67. The second-order valence-corrected chi connectivity index (χ2v) is 6.28. The Morgan fingerprint density at radius 3 is 2.95 bits per heavy atom. The Labute approximate surface area is 127 Å². The first-order chi connectivity index (χ1) is 9.98. The first-order valence-corrected chi connectivity index (χ1v) is 7.75. The summed E-state index contributed by atoms with van der Waals surface area (Å²) in [6.07, 6.45) is 4.42. The molecule has 1 aliphatic rings. The maximum atomic E-state index is 11.6. The van der Waals surface area contributed by atoms with Gasteiger partial charge in [0.25, 0.3) is 0 Å². The number of carbonyl (C=O) groups excluding carboxylic acids is 1. The van der Waals surface area contributed by atoms with Crippen molar-refractivity contribution in [2.24, 2.45) is 5.73 Å². The molecule has 4 nitrogen and oxygen atoms in total. The standard InChI is InChI=1S/C17H26N2O2/c1-17(2,18)16(20)19-11-6-12-21-15-10-5-8-13-7-3-4-9-14(13)15/h3-4,7,9,15H,5-6,8,10-12,18H2,1-2H3,(H,19,20). The second-order valence-electron chi connectivity index (χ2n) is 6.28. The van der Waals surface area contributed by atoms with E-state index in [1.165, 1.54) is 17.5 Å². The third-order valence-corrected chi connectivity index (χ3v) is 3.83. The highest BCUT2D eigenvalue weighted by Crippen LogP contribution is 2.32. The maximum Gasteiger partial charge on any atom is 0.239 e. The fraction of sp³-hybridized carbons (Fsp3) is 0.588. The number of amides is 1. The van der Waals surface area contributed by atoms with Gasteiger partial charge in [-0.25, -0.2) is 0 Å². The lowest BCUT2D eigenvalue weighted by Crippen LogP contribution is -2.49. The Bertz CT molecular complexity index is 480. The summed E-state index contributed by atoms with van der Waals surface area (Å²) in [5, 5.41) is 2.84. The molecule has 0 spiro atoms. The molecule has 3 N–H and O–H groups in total. The molecule has 0 radical (unpaired) electrons. The molecule has 2 rings (SSSR count). The smallest absolute Gasteiger partial charge is 0.239 e. The van der Waals surface area contributed by atoms with E-state index in [-0.39, 0.29) is 12.0 Å². The first kappa shape index (κ1) is 16.0. The molecule has 1 aromatic carbocycles. The summed E-state index contributed by atoms with van der Waals surface area (Å²) >= 11 is 0. The van der Waals surface area contributed by atoms with Crippen molar-refractivity contribution >= 4 is 5.91 Å². The largest absolute Gasteiger partial charge is 0.373 e. The molecule has 1 atom stereocenters.